The molecule has 0 aromatic rings. The highest BCUT2D eigenvalue weighted by Crippen LogP contribution is 1.97. The van der Waals surface area contributed by atoms with Crippen molar-refractivity contribution in [2.24, 2.45) is 0 Å². The van der Waals surface area contributed by atoms with E-state index in [9.17, 15) is 0 Å². The van der Waals surface area contributed by atoms with Gasteiger partial charge in [-0.05, 0) is 26.1 Å². The predicted octanol–water partition coefficient (Wildman–Crippen LogP) is 1.62. The van der Waals surface area contributed by atoms with E-state index in [1.807, 2.05) is 0 Å². The average Bonchev–Trinajstić information content (AvgIpc) is 2.22. The fraction of sp³-hybridized carbons (Fsp3) is 0.818. The van der Waals surface area contributed by atoms with Crippen molar-refractivity contribution in [3.8, 4) is 0 Å². The van der Waals surface area contributed by atoms with Gasteiger partial charge < -0.3 is 4.57 Å². The van der Waals surface area contributed by atoms with Crippen LogP contribution in [0, 0.1) is 0 Å². The van der Waals surface area contributed by atoms with Crippen LogP contribution >= 0.6 is 0 Å². The summed E-state index contributed by atoms with van der Waals surface area (Å²) < 4.78 is 2.60. The smallest absolute Gasteiger partial charge is 0.120 e. The minimum atomic E-state index is -0.191. The van der Waals surface area contributed by atoms with Crippen LogP contribution in [0.5, 0.6) is 0 Å². The minimum absolute atomic E-state index is 0.191. The van der Waals surface area contributed by atoms with E-state index < -0.39 is 0 Å². The van der Waals surface area contributed by atoms with Crippen LogP contribution in [0.1, 0.15) is 33.6 Å². The van der Waals surface area contributed by atoms with Crippen molar-refractivity contribution in [2.45, 2.75) is 33.6 Å². The van der Waals surface area contributed by atoms with Crippen molar-refractivity contribution in [3.05, 3.63) is 12.3 Å². The molecule has 0 aromatic carbocycles. The highest BCUT2D eigenvalue weighted by Gasteiger charge is 2.06. The number of unbranched alkanes of at least 4 members (excludes halogenated alkanes) is 1. The van der Waals surface area contributed by atoms with E-state index in [0.29, 0.717) is 0 Å². The second-order valence-corrected chi connectivity index (χ2v) is 5.50. The van der Waals surface area contributed by atoms with E-state index in [1.54, 1.807) is 0 Å². The van der Waals surface area contributed by atoms with Gasteiger partial charge in [-0.25, -0.2) is 0 Å². The van der Waals surface area contributed by atoms with Crippen molar-refractivity contribution in [3.63, 3.8) is 0 Å². The molecule has 0 radical (unpaired) electrons. The van der Waals surface area contributed by atoms with E-state index in [0.717, 1.165) is 19.8 Å². The molecule has 0 saturated heterocycles. The van der Waals surface area contributed by atoms with E-state index in [-0.39, 0.29) is 9.68 Å². The Balaban J connectivity index is 3.85. The quantitative estimate of drug-likeness (QED) is 0.425. The normalized spacial score (nSPS) is 12.1. The summed E-state index contributed by atoms with van der Waals surface area (Å²) in [4.78, 5) is 2.48. The van der Waals surface area contributed by atoms with Gasteiger partial charge in [0.05, 0.1) is 0 Å². The van der Waals surface area contributed by atoms with Crippen molar-refractivity contribution in [1.82, 2.24) is 9.47 Å². The Morgan fingerprint density at radius 2 is 1.86 bits per heavy atom. The maximum atomic E-state index is 3.87. The zero-order valence-electron chi connectivity index (χ0n) is 10.1. The first-order chi connectivity index (χ1) is 6.78. The molecule has 14 heavy (non-hydrogen) atoms. The molecule has 0 aliphatic heterocycles. The molecule has 0 spiro atoms. The Morgan fingerprint density at radius 3 is 2.29 bits per heavy atom. The fourth-order valence-corrected chi connectivity index (χ4v) is 2.66. The number of nitrogens with zero attached hydrogens (tertiary/aromatic N) is 2. The summed E-state index contributed by atoms with van der Waals surface area (Å²) in [5, 5.41) is 0. The van der Waals surface area contributed by atoms with Crippen molar-refractivity contribution < 1.29 is 0 Å². The third kappa shape index (κ3) is 6.35. The Hall–Kier alpha value is -0.123. The standard InChI is InChI=1S/C11H26N2Si/c1-5-9-10-13(14-8-4)11-12(6-2)7-3/h8H,4-7,9-11,14H2,1-3H3. The molecule has 0 aliphatic carbocycles. The number of hydrogen-bond acceptors (Lipinski definition) is 2. The molecule has 0 N–H and O–H groups in total. The van der Waals surface area contributed by atoms with Gasteiger partial charge in [-0.3, -0.25) is 4.90 Å². The second kappa shape index (κ2) is 9.43. The Labute approximate surface area is 91.9 Å². The van der Waals surface area contributed by atoms with Crippen molar-refractivity contribution in [1.29, 1.82) is 0 Å². The summed E-state index contributed by atoms with van der Waals surface area (Å²) >= 11 is 0. The lowest BCUT2D eigenvalue weighted by Gasteiger charge is -2.28. The second-order valence-electron chi connectivity index (χ2n) is 3.66. The number of hydrogen-bond donors (Lipinski definition) is 0. The maximum absolute atomic E-state index is 3.87. The molecule has 0 bridgehead atoms. The lowest BCUT2D eigenvalue weighted by atomic mass is 10.3. The van der Waals surface area contributed by atoms with E-state index in [1.165, 1.54) is 19.4 Å². The lowest BCUT2D eigenvalue weighted by Crippen LogP contribution is -2.39. The summed E-state index contributed by atoms with van der Waals surface area (Å²) in [6, 6.07) is 0. The summed E-state index contributed by atoms with van der Waals surface area (Å²) in [5.74, 6) is 0. The summed E-state index contributed by atoms with van der Waals surface area (Å²) in [6.45, 7) is 15.3. The first kappa shape index (κ1) is 13.9. The van der Waals surface area contributed by atoms with Crippen LogP contribution in [0.25, 0.3) is 0 Å². The molecule has 0 aliphatic rings. The molecule has 0 rings (SSSR count). The van der Waals surface area contributed by atoms with Gasteiger partial charge in [-0.1, -0.05) is 32.9 Å². The van der Waals surface area contributed by atoms with Crippen LogP contribution in [-0.4, -0.2) is 45.4 Å². The molecule has 0 saturated carbocycles. The summed E-state index contributed by atoms with van der Waals surface area (Å²) in [5.41, 5.74) is 2.14. The van der Waals surface area contributed by atoms with E-state index >= 15 is 0 Å². The lowest BCUT2D eigenvalue weighted by molar-refractivity contribution is 0.211. The maximum Gasteiger partial charge on any atom is 0.120 e. The van der Waals surface area contributed by atoms with Gasteiger partial charge in [0.2, 0.25) is 0 Å². The molecular formula is C11H26N2Si. The molecule has 0 heterocycles. The first-order valence-electron chi connectivity index (χ1n) is 5.84. The van der Waals surface area contributed by atoms with Crippen LogP contribution in [0.3, 0.4) is 0 Å². The van der Waals surface area contributed by atoms with Gasteiger partial charge in [0.15, 0.2) is 0 Å². The summed E-state index contributed by atoms with van der Waals surface area (Å²) in [6.07, 6.45) is 2.61. The molecule has 3 heteroatoms. The Bertz CT molecular complexity index is 135. The first-order valence-corrected chi connectivity index (χ1v) is 7.28. The third-order valence-corrected chi connectivity index (χ3v) is 3.80. The van der Waals surface area contributed by atoms with Gasteiger partial charge in [0.1, 0.15) is 9.68 Å². The SMILES string of the molecule is C=C[SiH2]N(CCCC)CN(CC)CC. The zero-order valence-corrected chi connectivity index (χ0v) is 11.5. The largest absolute Gasteiger partial charge is 0.313 e. The highest BCUT2D eigenvalue weighted by molar-refractivity contribution is 6.38. The zero-order chi connectivity index (χ0) is 10.8. The molecule has 0 unspecified atom stereocenters. The van der Waals surface area contributed by atoms with Crippen LogP contribution in [0.15, 0.2) is 12.3 Å². The minimum Gasteiger partial charge on any atom is -0.313 e. The van der Waals surface area contributed by atoms with Gasteiger partial charge in [0, 0.05) is 6.67 Å². The fourth-order valence-electron chi connectivity index (χ4n) is 1.49. The van der Waals surface area contributed by atoms with Crippen LogP contribution in [-0.2, 0) is 0 Å². The molecule has 0 fully saturated rings. The molecule has 0 amide bonds. The topological polar surface area (TPSA) is 6.48 Å². The van der Waals surface area contributed by atoms with E-state index in [4.69, 9.17) is 0 Å². The molecule has 84 valence electrons. The number of rotatable bonds is 9. The molecular weight excluding hydrogens is 188 g/mol. The van der Waals surface area contributed by atoms with Crippen LogP contribution in [0.2, 0.25) is 0 Å². The van der Waals surface area contributed by atoms with Gasteiger partial charge >= 0.3 is 0 Å². The van der Waals surface area contributed by atoms with Crippen molar-refractivity contribution >= 4 is 9.68 Å². The summed E-state index contributed by atoms with van der Waals surface area (Å²) in [7, 11) is -0.191. The monoisotopic (exact) mass is 214 g/mol. The molecule has 2 nitrogen and oxygen atoms in total. The Kier molecular flexibility index (Phi) is 9.35. The molecule has 0 atom stereocenters. The van der Waals surface area contributed by atoms with Gasteiger partial charge in [-0.15, -0.1) is 6.58 Å². The van der Waals surface area contributed by atoms with Gasteiger partial charge in [0.25, 0.3) is 0 Å². The van der Waals surface area contributed by atoms with Gasteiger partial charge in [-0.2, -0.15) is 0 Å². The third-order valence-electron chi connectivity index (χ3n) is 2.51. The van der Waals surface area contributed by atoms with Crippen LogP contribution in [0.4, 0.5) is 0 Å². The highest BCUT2D eigenvalue weighted by atomic mass is 28.2. The van der Waals surface area contributed by atoms with Crippen LogP contribution < -0.4 is 0 Å². The Morgan fingerprint density at radius 1 is 1.21 bits per heavy atom. The predicted molar refractivity (Wildman–Crippen MR) is 68.1 cm³/mol. The molecule has 0 aromatic heterocycles. The average molecular weight is 214 g/mol. The van der Waals surface area contributed by atoms with E-state index in [2.05, 4.69) is 42.5 Å². The van der Waals surface area contributed by atoms with Crippen molar-refractivity contribution in [2.75, 3.05) is 26.3 Å².